The van der Waals surface area contributed by atoms with Gasteiger partial charge in [-0.25, -0.2) is 4.98 Å². The van der Waals surface area contributed by atoms with Gasteiger partial charge < -0.3 is 10.2 Å². The zero-order valence-corrected chi connectivity index (χ0v) is 21.3. The topological polar surface area (TPSA) is 70.0 Å². The van der Waals surface area contributed by atoms with E-state index in [-0.39, 0.29) is 5.91 Å². The number of amides is 1. The third-order valence-electron chi connectivity index (χ3n) is 5.64. The number of halogens is 1. The molecule has 1 N–H and O–H groups in total. The lowest BCUT2D eigenvalue weighted by Gasteiger charge is -2.28. The summed E-state index contributed by atoms with van der Waals surface area (Å²) in [4.78, 5) is 18.7. The Balaban J connectivity index is 1.85. The van der Waals surface area contributed by atoms with Crippen molar-refractivity contribution in [3.05, 3.63) is 41.4 Å². The van der Waals surface area contributed by atoms with E-state index in [9.17, 15) is 4.79 Å². The molecule has 0 aliphatic carbocycles. The first kappa shape index (κ1) is 25.1. The summed E-state index contributed by atoms with van der Waals surface area (Å²) in [6.07, 6.45) is 4.87. The van der Waals surface area contributed by atoms with Crippen LogP contribution < -0.4 is 10.2 Å². The molecule has 33 heavy (non-hydrogen) atoms. The van der Waals surface area contributed by atoms with Gasteiger partial charge in [-0.3, -0.25) is 4.79 Å². The summed E-state index contributed by atoms with van der Waals surface area (Å²) in [6.45, 7) is 10.1. The molecular weight excluding hydrogens is 454 g/mol. The molecule has 0 spiro atoms. The normalized spacial score (nSPS) is 12.4. The van der Waals surface area contributed by atoms with Crippen molar-refractivity contribution in [3.63, 3.8) is 0 Å². The number of carbonyl (C=O) groups is 1. The summed E-state index contributed by atoms with van der Waals surface area (Å²) in [5.74, 6) is 0.511. The molecule has 1 unspecified atom stereocenters. The van der Waals surface area contributed by atoms with Crippen LogP contribution in [-0.2, 0) is 4.79 Å². The maximum Gasteiger partial charge on any atom is 0.231 e. The average molecular weight is 486 g/mol. The Kier molecular flexibility index (Phi) is 9.21. The summed E-state index contributed by atoms with van der Waals surface area (Å²) < 4.78 is 0.959. The molecular formula is C25H32ClN5OS. The van der Waals surface area contributed by atoms with Crippen LogP contribution in [0.15, 0.2) is 46.6 Å². The van der Waals surface area contributed by atoms with Crippen molar-refractivity contribution in [2.24, 2.45) is 16.1 Å². The Morgan fingerprint density at radius 1 is 1.18 bits per heavy atom. The SMILES string of the molecule is CCCCC(CC)CN(CC)c1ccc(N=Nc2nc3ccc(Cl)cc3s2)c(NC(C)=O)c1. The molecule has 3 aromatic rings. The molecule has 1 heterocycles. The molecule has 0 aliphatic rings. The number of azo groups is 1. The van der Waals surface area contributed by atoms with Crippen molar-refractivity contribution in [1.29, 1.82) is 0 Å². The second-order valence-electron chi connectivity index (χ2n) is 8.15. The number of fused-ring (bicyclic) bond motifs is 1. The van der Waals surface area contributed by atoms with Gasteiger partial charge in [-0.1, -0.05) is 56.0 Å². The maximum absolute atomic E-state index is 11.9. The molecule has 0 saturated carbocycles. The van der Waals surface area contributed by atoms with Gasteiger partial charge in [-0.05, 0) is 55.7 Å². The van der Waals surface area contributed by atoms with Gasteiger partial charge in [0.25, 0.3) is 0 Å². The number of unbranched alkanes of at least 4 members (excludes halogenated alkanes) is 1. The Hall–Kier alpha value is -2.51. The molecule has 0 saturated heterocycles. The number of carbonyl (C=O) groups excluding carboxylic acids is 1. The van der Waals surface area contributed by atoms with Gasteiger partial charge in [0.2, 0.25) is 11.0 Å². The molecule has 6 nitrogen and oxygen atoms in total. The second-order valence-corrected chi connectivity index (χ2v) is 9.59. The predicted molar refractivity (Wildman–Crippen MR) is 141 cm³/mol. The van der Waals surface area contributed by atoms with E-state index < -0.39 is 0 Å². The fourth-order valence-corrected chi connectivity index (χ4v) is 4.83. The minimum Gasteiger partial charge on any atom is -0.371 e. The molecule has 176 valence electrons. The Labute approximate surface area is 205 Å². The zero-order chi connectivity index (χ0) is 23.8. The molecule has 3 rings (SSSR count). The Bertz CT molecular complexity index is 1110. The molecule has 0 bridgehead atoms. The van der Waals surface area contributed by atoms with Crippen LogP contribution >= 0.6 is 22.9 Å². The minimum absolute atomic E-state index is 0.143. The number of nitrogens with one attached hydrogen (secondary N) is 1. The van der Waals surface area contributed by atoms with E-state index in [0.29, 0.717) is 27.4 Å². The summed E-state index contributed by atoms with van der Waals surface area (Å²) >= 11 is 7.49. The Morgan fingerprint density at radius 3 is 2.70 bits per heavy atom. The highest BCUT2D eigenvalue weighted by Gasteiger charge is 2.15. The predicted octanol–water partition coefficient (Wildman–Crippen LogP) is 8.37. The first-order chi connectivity index (χ1) is 15.9. The first-order valence-corrected chi connectivity index (χ1v) is 12.8. The highest BCUT2D eigenvalue weighted by molar-refractivity contribution is 7.21. The number of rotatable bonds is 11. The van der Waals surface area contributed by atoms with Crippen LogP contribution in [0.3, 0.4) is 0 Å². The van der Waals surface area contributed by atoms with E-state index in [1.165, 1.54) is 37.5 Å². The van der Waals surface area contributed by atoms with Crippen LogP contribution in [0.1, 0.15) is 53.4 Å². The van der Waals surface area contributed by atoms with Crippen LogP contribution in [0.4, 0.5) is 22.2 Å². The standard InChI is InChI=1S/C25H32ClN5OS/c1-5-8-9-18(6-2)16-31(7-3)20-11-13-21(23(15-20)27-17(4)32)29-30-25-28-22-12-10-19(26)14-24(22)33-25/h10-15,18H,5-9,16H2,1-4H3,(H,27,32). The average Bonchev–Trinajstić information content (AvgIpc) is 3.20. The largest absolute Gasteiger partial charge is 0.371 e. The molecule has 8 heteroatoms. The minimum atomic E-state index is -0.143. The quantitative estimate of drug-likeness (QED) is 0.277. The van der Waals surface area contributed by atoms with Gasteiger partial charge in [-0.15, -0.1) is 10.2 Å². The molecule has 0 aliphatic heterocycles. The van der Waals surface area contributed by atoms with Gasteiger partial charge in [0, 0.05) is 30.7 Å². The van der Waals surface area contributed by atoms with Crippen molar-refractivity contribution in [3.8, 4) is 0 Å². The highest BCUT2D eigenvalue weighted by atomic mass is 35.5. The van der Waals surface area contributed by atoms with E-state index in [1.807, 2.05) is 36.4 Å². The second kappa shape index (κ2) is 12.1. The van der Waals surface area contributed by atoms with Crippen LogP contribution in [0, 0.1) is 5.92 Å². The van der Waals surface area contributed by atoms with E-state index in [1.54, 1.807) is 0 Å². The Morgan fingerprint density at radius 2 is 2.00 bits per heavy atom. The van der Waals surface area contributed by atoms with Crippen LogP contribution in [-0.4, -0.2) is 24.0 Å². The van der Waals surface area contributed by atoms with Crippen molar-refractivity contribution >= 4 is 61.3 Å². The number of thiazole rings is 1. The van der Waals surface area contributed by atoms with Gasteiger partial charge in [-0.2, -0.15) is 0 Å². The van der Waals surface area contributed by atoms with Crippen LogP contribution in [0.2, 0.25) is 5.02 Å². The van der Waals surface area contributed by atoms with Gasteiger partial charge in [0.1, 0.15) is 5.69 Å². The molecule has 2 aromatic carbocycles. The van der Waals surface area contributed by atoms with Crippen molar-refractivity contribution in [1.82, 2.24) is 4.98 Å². The van der Waals surface area contributed by atoms with E-state index in [4.69, 9.17) is 11.6 Å². The monoisotopic (exact) mass is 485 g/mol. The molecule has 1 atom stereocenters. The number of benzene rings is 2. The number of anilines is 2. The third kappa shape index (κ3) is 6.98. The van der Waals surface area contributed by atoms with Crippen molar-refractivity contribution < 1.29 is 4.79 Å². The smallest absolute Gasteiger partial charge is 0.231 e. The number of nitrogens with zero attached hydrogens (tertiary/aromatic N) is 4. The van der Waals surface area contributed by atoms with E-state index >= 15 is 0 Å². The fraction of sp³-hybridized carbons (Fsp3) is 0.440. The number of hydrogen-bond donors (Lipinski definition) is 1. The van der Waals surface area contributed by atoms with Crippen LogP contribution in [0.5, 0.6) is 0 Å². The summed E-state index contributed by atoms with van der Waals surface area (Å²) in [5.41, 5.74) is 3.15. The lowest BCUT2D eigenvalue weighted by Crippen LogP contribution is -2.29. The fourth-order valence-electron chi connectivity index (χ4n) is 3.77. The van der Waals surface area contributed by atoms with Gasteiger partial charge in [0.05, 0.1) is 15.9 Å². The summed E-state index contributed by atoms with van der Waals surface area (Å²) in [5, 5.41) is 12.8. The molecule has 0 radical (unpaired) electrons. The lowest BCUT2D eigenvalue weighted by molar-refractivity contribution is -0.114. The summed E-state index contributed by atoms with van der Waals surface area (Å²) in [6, 6.07) is 11.5. The summed E-state index contributed by atoms with van der Waals surface area (Å²) in [7, 11) is 0. The lowest BCUT2D eigenvalue weighted by atomic mass is 9.98. The third-order valence-corrected chi connectivity index (χ3v) is 6.78. The van der Waals surface area contributed by atoms with Gasteiger partial charge >= 0.3 is 0 Å². The van der Waals surface area contributed by atoms with Crippen LogP contribution in [0.25, 0.3) is 10.2 Å². The molecule has 0 fully saturated rings. The van der Waals surface area contributed by atoms with E-state index in [0.717, 1.165) is 35.4 Å². The molecule has 1 aromatic heterocycles. The number of hydrogen-bond acceptors (Lipinski definition) is 6. The van der Waals surface area contributed by atoms with E-state index in [2.05, 4.69) is 46.2 Å². The highest BCUT2D eigenvalue weighted by Crippen LogP contribution is 2.35. The molecule has 1 amide bonds. The maximum atomic E-state index is 11.9. The van der Waals surface area contributed by atoms with Gasteiger partial charge in [0.15, 0.2) is 0 Å². The van der Waals surface area contributed by atoms with Crippen molar-refractivity contribution in [2.45, 2.75) is 53.4 Å². The zero-order valence-electron chi connectivity index (χ0n) is 19.8. The van der Waals surface area contributed by atoms with Crippen molar-refractivity contribution in [2.75, 3.05) is 23.3 Å². The first-order valence-electron chi connectivity index (χ1n) is 11.6. The number of aromatic nitrogens is 1.